The molecule has 0 saturated heterocycles. The van der Waals surface area contributed by atoms with Crippen LogP contribution in [0.2, 0.25) is 0 Å². The molecule has 0 atom stereocenters. The Kier molecular flexibility index (Phi) is 2.37. The van der Waals surface area contributed by atoms with E-state index in [1.54, 1.807) is 15.3 Å². The summed E-state index contributed by atoms with van der Waals surface area (Å²) in [6, 6.07) is 2.50. The monoisotopic (exact) mass is 221 g/mol. The van der Waals surface area contributed by atoms with Crippen molar-refractivity contribution >= 4 is 11.3 Å². The number of fused-ring (bicyclic) bond motifs is 1. The van der Waals surface area contributed by atoms with Gasteiger partial charge in [0.25, 0.3) is 0 Å². The smallest absolute Gasteiger partial charge is 0.0113 e. The minimum atomic E-state index is 0.525. The molecular formula is C13H19NS. The van der Waals surface area contributed by atoms with Crippen LogP contribution in [0.25, 0.3) is 0 Å². The van der Waals surface area contributed by atoms with E-state index in [-0.39, 0.29) is 0 Å². The highest BCUT2D eigenvalue weighted by Gasteiger charge is 2.44. The first-order valence-corrected chi connectivity index (χ1v) is 6.98. The molecule has 1 nitrogen and oxygen atoms in total. The molecule has 0 aromatic carbocycles. The maximum atomic E-state index is 5.72. The van der Waals surface area contributed by atoms with Crippen molar-refractivity contribution in [2.75, 3.05) is 6.54 Å². The van der Waals surface area contributed by atoms with Crippen LogP contribution in [0.15, 0.2) is 6.07 Å². The second-order valence-corrected chi connectivity index (χ2v) is 6.22. The zero-order chi connectivity index (χ0) is 10.3. The first kappa shape index (κ1) is 9.86. The fourth-order valence-corrected chi connectivity index (χ4v) is 4.33. The molecule has 0 aliphatic heterocycles. The number of aryl methyl sites for hydroxylation is 2. The topological polar surface area (TPSA) is 26.0 Å². The van der Waals surface area contributed by atoms with Gasteiger partial charge < -0.3 is 5.73 Å². The molecule has 0 spiro atoms. The molecule has 2 heteroatoms. The van der Waals surface area contributed by atoms with E-state index in [2.05, 4.69) is 17.4 Å². The summed E-state index contributed by atoms with van der Waals surface area (Å²) in [6.45, 7) is 0.850. The third-order valence-corrected chi connectivity index (χ3v) is 5.48. The highest BCUT2D eigenvalue weighted by Crippen LogP contribution is 2.53. The van der Waals surface area contributed by atoms with Gasteiger partial charge >= 0.3 is 0 Å². The number of hydrogen-bond acceptors (Lipinski definition) is 2. The fourth-order valence-electron chi connectivity index (χ4n) is 2.80. The lowest BCUT2D eigenvalue weighted by Crippen LogP contribution is -2.11. The van der Waals surface area contributed by atoms with Crippen LogP contribution in [-0.2, 0) is 18.3 Å². The van der Waals surface area contributed by atoms with Gasteiger partial charge in [-0.2, -0.15) is 0 Å². The molecule has 1 heterocycles. The highest BCUT2D eigenvalue weighted by molar-refractivity contribution is 7.12. The van der Waals surface area contributed by atoms with Gasteiger partial charge in [-0.05, 0) is 63.1 Å². The van der Waals surface area contributed by atoms with Gasteiger partial charge in [-0.15, -0.1) is 11.3 Å². The maximum absolute atomic E-state index is 5.72. The van der Waals surface area contributed by atoms with Gasteiger partial charge in [0.05, 0.1) is 0 Å². The van der Waals surface area contributed by atoms with E-state index in [1.165, 1.54) is 44.9 Å². The van der Waals surface area contributed by atoms with E-state index < -0.39 is 0 Å². The van der Waals surface area contributed by atoms with E-state index in [0.717, 1.165) is 6.54 Å². The van der Waals surface area contributed by atoms with Crippen molar-refractivity contribution in [1.82, 2.24) is 0 Å². The Morgan fingerprint density at radius 2 is 2.07 bits per heavy atom. The number of rotatable bonds is 3. The van der Waals surface area contributed by atoms with Gasteiger partial charge in [-0.3, -0.25) is 0 Å². The van der Waals surface area contributed by atoms with Crippen molar-refractivity contribution in [2.24, 2.45) is 5.73 Å². The SMILES string of the molecule is NCCC1(c2cc3c(s2)CCCC3)CC1. The van der Waals surface area contributed by atoms with Crippen LogP contribution in [0.5, 0.6) is 0 Å². The first-order chi connectivity index (χ1) is 7.34. The van der Waals surface area contributed by atoms with Crippen molar-refractivity contribution in [1.29, 1.82) is 0 Å². The summed E-state index contributed by atoms with van der Waals surface area (Å²) in [5.41, 5.74) is 7.90. The molecule has 0 radical (unpaired) electrons. The van der Waals surface area contributed by atoms with Gasteiger partial charge in [0, 0.05) is 15.2 Å². The highest BCUT2D eigenvalue weighted by atomic mass is 32.1. The Bertz CT molecular complexity index is 339. The van der Waals surface area contributed by atoms with Gasteiger partial charge in [-0.25, -0.2) is 0 Å². The minimum Gasteiger partial charge on any atom is -0.330 e. The average Bonchev–Trinajstić information content (AvgIpc) is 2.91. The quantitative estimate of drug-likeness (QED) is 0.834. The van der Waals surface area contributed by atoms with Crippen molar-refractivity contribution in [2.45, 2.75) is 50.4 Å². The maximum Gasteiger partial charge on any atom is 0.0113 e. The average molecular weight is 221 g/mol. The summed E-state index contributed by atoms with van der Waals surface area (Å²) in [5.74, 6) is 0. The van der Waals surface area contributed by atoms with Gasteiger partial charge in [0.1, 0.15) is 0 Å². The standard InChI is InChI=1S/C13H19NS/c14-8-7-13(5-6-13)12-9-10-3-1-2-4-11(10)15-12/h9H,1-8,14H2. The molecule has 2 aliphatic rings. The molecule has 0 bridgehead atoms. The minimum absolute atomic E-state index is 0.525. The van der Waals surface area contributed by atoms with Crippen LogP contribution in [-0.4, -0.2) is 6.54 Å². The van der Waals surface area contributed by atoms with E-state index in [0.29, 0.717) is 5.41 Å². The van der Waals surface area contributed by atoms with Crippen LogP contribution in [0.4, 0.5) is 0 Å². The van der Waals surface area contributed by atoms with Crippen molar-refractivity contribution in [3.63, 3.8) is 0 Å². The summed E-state index contributed by atoms with van der Waals surface area (Å²) in [6.07, 6.45) is 9.41. The molecule has 1 aromatic heterocycles. The van der Waals surface area contributed by atoms with E-state index in [4.69, 9.17) is 5.73 Å². The molecule has 3 rings (SSSR count). The van der Waals surface area contributed by atoms with E-state index >= 15 is 0 Å². The Morgan fingerprint density at radius 1 is 1.27 bits per heavy atom. The van der Waals surface area contributed by atoms with Gasteiger partial charge in [0.2, 0.25) is 0 Å². The van der Waals surface area contributed by atoms with Crippen molar-refractivity contribution in [3.05, 3.63) is 21.4 Å². The normalized spacial score (nSPS) is 22.5. The number of hydrogen-bond donors (Lipinski definition) is 1. The lowest BCUT2D eigenvalue weighted by Gasteiger charge is -2.10. The van der Waals surface area contributed by atoms with Crippen LogP contribution in [0.1, 0.15) is 47.4 Å². The predicted molar refractivity (Wildman–Crippen MR) is 65.5 cm³/mol. The Hall–Kier alpha value is -0.340. The van der Waals surface area contributed by atoms with Crippen LogP contribution >= 0.6 is 11.3 Å². The van der Waals surface area contributed by atoms with Crippen LogP contribution in [0.3, 0.4) is 0 Å². The first-order valence-electron chi connectivity index (χ1n) is 6.16. The lowest BCUT2D eigenvalue weighted by atomic mass is 9.95. The number of nitrogens with two attached hydrogens (primary N) is 1. The number of thiophene rings is 1. The Morgan fingerprint density at radius 3 is 2.73 bits per heavy atom. The summed E-state index contributed by atoms with van der Waals surface area (Å²) in [7, 11) is 0. The van der Waals surface area contributed by atoms with E-state index in [1.807, 2.05) is 0 Å². The molecule has 0 unspecified atom stereocenters. The lowest BCUT2D eigenvalue weighted by molar-refractivity contribution is 0.639. The second kappa shape index (κ2) is 3.60. The summed E-state index contributed by atoms with van der Waals surface area (Å²) >= 11 is 2.09. The molecule has 2 N–H and O–H groups in total. The molecule has 0 amide bonds. The van der Waals surface area contributed by atoms with Crippen molar-refractivity contribution in [3.8, 4) is 0 Å². The molecule has 82 valence electrons. The Labute approximate surface area is 95.7 Å². The predicted octanol–water partition coefficient (Wildman–Crippen LogP) is 3.01. The molecule has 1 fully saturated rings. The summed E-state index contributed by atoms with van der Waals surface area (Å²) < 4.78 is 0. The molecule has 1 aromatic rings. The van der Waals surface area contributed by atoms with Crippen molar-refractivity contribution < 1.29 is 0 Å². The molecule has 2 aliphatic carbocycles. The fraction of sp³-hybridized carbons (Fsp3) is 0.692. The zero-order valence-corrected chi connectivity index (χ0v) is 10.0. The summed E-state index contributed by atoms with van der Waals surface area (Å²) in [5, 5.41) is 0. The van der Waals surface area contributed by atoms with Gasteiger partial charge in [-0.1, -0.05) is 0 Å². The largest absolute Gasteiger partial charge is 0.330 e. The zero-order valence-electron chi connectivity index (χ0n) is 9.22. The third kappa shape index (κ3) is 1.64. The van der Waals surface area contributed by atoms with E-state index in [9.17, 15) is 0 Å². The van der Waals surface area contributed by atoms with Gasteiger partial charge in [0.15, 0.2) is 0 Å². The Balaban J connectivity index is 1.89. The van der Waals surface area contributed by atoms with Crippen LogP contribution in [0, 0.1) is 0 Å². The molecule has 1 saturated carbocycles. The van der Waals surface area contributed by atoms with Crippen LogP contribution < -0.4 is 5.73 Å². The molecular weight excluding hydrogens is 202 g/mol. The summed E-state index contributed by atoms with van der Waals surface area (Å²) in [4.78, 5) is 3.33. The second-order valence-electron chi connectivity index (χ2n) is 5.09. The molecule has 15 heavy (non-hydrogen) atoms. The third-order valence-electron chi connectivity index (χ3n) is 4.00.